The first kappa shape index (κ1) is 33.6. The third kappa shape index (κ3) is 9.54. The van der Waals surface area contributed by atoms with Crippen molar-refractivity contribution in [3.05, 3.63) is 35.5 Å². The largest absolute Gasteiger partial charge is 0.393 e. The molecular formula is C36H63NO3. The molecule has 5 N–H and O–H groups in total. The fourth-order valence-electron chi connectivity index (χ4n) is 8.52. The highest BCUT2D eigenvalue weighted by atomic mass is 16.3. The van der Waals surface area contributed by atoms with E-state index in [1.807, 2.05) is 0 Å². The van der Waals surface area contributed by atoms with Gasteiger partial charge >= 0.3 is 0 Å². The summed E-state index contributed by atoms with van der Waals surface area (Å²) in [5, 5.41) is 31.4. The monoisotopic (exact) mass is 557 g/mol. The Kier molecular flexibility index (Phi) is 13.5. The summed E-state index contributed by atoms with van der Waals surface area (Å²) in [4.78, 5) is 0. The molecule has 3 aliphatic carbocycles. The van der Waals surface area contributed by atoms with E-state index >= 15 is 0 Å². The molecule has 4 nitrogen and oxygen atoms in total. The van der Waals surface area contributed by atoms with Gasteiger partial charge in [-0.15, -0.1) is 0 Å². The Hall–Kier alpha value is -0.940. The van der Waals surface area contributed by atoms with Gasteiger partial charge in [0.15, 0.2) is 0 Å². The van der Waals surface area contributed by atoms with E-state index in [9.17, 15) is 15.3 Å². The zero-order valence-corrected chi connectivity index (χ0v) is 26.3. The molecular weight excluding hydrogens is 494 g/mol. The summed E-state index contributed by atoms with van der Waals surface area (Å²) in [6.45, 7) is 12.0. The highest BCUT2D eigenvalue weighted by Crippen LogP contribution is 2.60. The lowest BCUT2D eigenvalue weighted by Gasteiger charge is -2.44. The molecule has 0 spiro atoms. The van der Waals surface area contributed by atoms with E-state index in [1.54, 1.807) is 5.57 Å². The molecule has 0 aliphatic heterocycles. The van der Waals surface area contributed by atoms with Crippen molar-refractivity contribution < 1.29 is 15.3 Å². The van der Waals surface area contributed by atoms with Gasteiger partial charge in [-0.3, -0.25) is 0 Å². The Morgan fingerprint density at radius 2 is 1.65 bits per heavy atom. The van der Waals surface area contributed by atoms with Crippen LogP contribution in [0.15, 0.2) is 35.5 Å². The second kappa shape index (κ2) is 16.1. The molecule has 7 atom stereocenters. The number of fused-ring (bicyclic) bond motifs is 1. The van der Waals surface area contributed by atoms with Crippen molar-refractivity contribution in [3.63, 3.8) is 0 Å². The molecule has 3 saturated carbocycles. The molecule has 3 fully saturated rings. The van der Waals surface area contributed by atoms with E-state index in [4.69, 9.17) is 5.73 Å². The normalized spacial score (nSPS) is 33.3. The molecule has 4 heteroatoms. The summed E-state index contributed by atoms with van der Waals surface area (Å²) in [7, 11) is 0. The summed E-state index contributed by atoms with van der Waals surface area (Å²) < 4.78 is 0. The minimum absolute atomic E-state index is 0.359. The average Bonchev–Trinajstić information content (AvgIpc) is 3.26. The van der Waals surface area contributed by atoms with Gasteiger partial charge < -0.3 is 21.1 Å². The maximum Gasteiger partial charge on any atom is 0.0811 e. The van der Waals surface area contributed by atoms with Crippen molar-refractivity contribution in [2.75, 3.05) is 6.54 Å². The van der Waals surface area contributed by atoms with Crippen LogP contribution in [0.3, 0.4) is 0 Å². The third-order valence-electron chi connectivity index (χ3n) is 11.0. The summed E-state index contributed by atoms with van der Waals surface area (Å²) >= 11 is 0. The molecule has 0 aromatic carbocycles. The maximum atomic E-state index is 11.0. The van der Waals surface area contributed by atoms with Crippen molar-refractivity contribution >= 4 is 0 Å². The first-order valence-electron chi connectivity index (χ1n) is 16.9. The van der Waals surface area contributed by atoms with Crippen LogP contribution in [0.4, 0.5) is 0 Å². The molecule has 0 amide bonds. The zero-order chi connectivity index (χ0) is 29.2. The van der Waals surface area contributed by atoms with Gasteiger partial charge in [-0.1, -0.05) is 95.9 Å². The minimum Gasteiger partial charge on any atom is -0.393 e. The van der Waals surface area contributed by atoms with E-state index in [0.29, 0.717) is 30.1 Å². The van der Waals surface area contributed by atoms with Gasteiger partial charge in [0.2, 0.25) is 0 Å². The van der Waals surface area contributed by atoms with Crippen LogP contribution in [0.25, 0.3) is 0 Å². The van der Waals surface area contributed by atoms with Gasteiger partial charge in [0.25, 0.3) is 0 Å². The first-order valence-corrected chi connectivity index (χ1v) is 16.9. The Balaban J connectivity index is 1.43. The number of allylic oxidation sites excluding steroid dienone is 3. The van der Waals surface area contributed by atoms with Crippen LogP contribution in [0.2, 0.25) is 0 Å². The van der Waals surface area contributed by atoms with Crippen LogP contribution in [-0.2, 0) is 0 Å². The number of aliphatic hydroxyl groups excluding tert-OH is 2. The molecule has 3 rings (SSSR count). The second-order valence-electron chi connectivity index (χ2n) is 14.4. The minimum atomic E-state index is -0.621. The number of nitrogens with two attached hydrogens (primary N) is 1. The van der Waals surface area contributed by atoms with Gasteiger partial charge in [-0.05, 0) is 106 Å². The lowest BCUT2D eigenvalue weighted by atomic mass is 9.60. The number of hydrogen-bond donors (Lipinski definition) is 4. The highest BCUT2D eigenvalue weighted by molar-refractivity contribution is 5.38. The van der Waals surface area contributed by atoms with Crippen LogP contribution in [0.1, 0.15) is 143 Å². The molecule has 0 heterocycles. The summed E-state index contributed by atoms with van der Waals surface area (Å²) in [6.07, 6.45) is 25.0. The molecule has 40 heavy (non-hydrogen) atoms. The zero-order valence-electron chi connectivity index (χ0n) is 26.3. The Morgan fingerprint density at radius 3 is 2.35 bits per heavy atom. The van der Waals surface area contributed by atoms with Gasteiger partial charge in [0.1, 0.15) is 0 Å². The van der Waals surface area contributed by atoms with Crippen molar-refractivity contribution in [1.82, 2.24) is 0 Å². The first-order chi connectivity index (χ1) is 19.1. The second-order valence-corrected chi connectivity index (χ2v) is 14.4. The Morgan fingerprint density at radius 1 is 1.00 bits per heavy atom. The summed E-state index contributed by atoms with van der Waals surface area (Å²) in [5.74, 6) is 2.07. The highest BCUT2D eigenvalue weighted by Gasteiger charge is 2.50. The third-order valence-corrected chi connectivity index (χ3v) is 11.0. The Labute approximate surface area is 246 Å². The molecule has 3 aliphatic rings. The smallest absolute Gasteiger partial charge is 0.0811 e. The molecule has 0 saturated heterocycles. The molecule has 0 radical (unpaired) electrons. The van der Waals surface area contributed by atoms with Gasteiger partial charge in [0, 0.05) is 6.42 Å². The summed E-state index contributed by atoms with van der Waals surface area (Å²) in [6, 6.07) is 0. The molecule has 0 bridgehead atoms. The van der Waals surface area contributed by atoms with Crippen molar-refractivity contribution in [2.24, 2.45) is 28.9 Å². The van der Waals surface area contributed by atoms with Crippen LogP contribution in [-0.4, -0.2) is 39.7 Å². The molecule has 0 aromatic rings. The topological polar surface area (TPSA) is 86.7 Å². The fraction of sp³-hybridized carbons (Fsp3) is 0.833. The average molecular weight is 558 g/mol. The van der Waals surface area contributed by atoms with Gasteiger partial charge in [-0.2, -0.15) is 0 Å². The van der Waals surface area contributed by atoms with Crippen LogP contribution in [0, 0.1) is 23.2 Å². The Bertz CT molecular complexity index is 845. The van der Waals surface area contributed by atoms with Crippen LogP contribution in [0.5, 0.6) is 0 Å². The lowest BCUT2D eigenvalue weighted by Crippen LogP contribution is -2.36. The quantitative estimate of drug-likeness (QED) is 0.144. The summed E-state index contributed by atoms with van der Waals surface area (Å²) in [5.41, 5.74) is 8.76. The van der Waals surface area contributed by atoms with E-state index in [0.717, 1.165) is 55.7 Å². The lowest BCUT2D eigenvalue weighted by molar-refractivity contribution is 0.0324. The van der Waals surface area contributed by atoms with Crippen LogP contribution < -0.4 is 5.73 Å². The van der Waals surface area contributed by atoms with Crippen LogP contribution >= 0.6 is 0 Å². The van der Waals surface area contributed by atoms with E-state index in [2.05, 4.69) is 39.5 Å². The molecule has 2 unspecified atom stereocenters. The standard InChI is InChI=1S/C36H63NO3/c1-27(15-13-22-35(3,40)21-11-9-7-5-6-8-10-12-24-37)32-19-20-33-29(16-14-23-36(32,33)4)17-18-30-25-31(38)26-34(39)28(30)2/h17-18,27,31-34,38-40H,2,5-16,19-26,37H2,1,3-4H3/b29-17+,30-18-/t27-,31-,32-,33?,34+,35?,36-/m1/s1. The van der Waals surface area contributed by atoms with Crippen molar-refractivity contribution in [3.8, 4) is 0 Å². The van der Waals surface area contributed by atoms with Crippen molar-refractivity contribution in [1.29, 1.82) is 0 Å². The number of rotatable bonds is 16. The predicted molar refractivity (Wildman–Crippen MR) is 169 cm³/mol. The fourth-order valence-corrected chi connectivity index (χ4v) is 8.52. The van der Waals surface area contributed by atoms with Crippen molar-refractivity contribution in [2.45, 2.75) is 161 Å². The van der Waals surface area contributed by atoms with E-state index in [-0.39, 0.29) is 0 Å². The number of unbranched alkanes of at least 4 members (excludes halogenated alkanes) is 7. The van der Waals surface area contributed by atoms with Gasteiger partial charge in [0.05, 0.1) is 17.8 Å². The van der Waals surface area contributed by atoms with Gasteiger partial charge in [-0.25, -0.2) is 0 Å². The maximum absolute atomic E-state index is 11.0. The van der Waals surface area contributed by atoms with E-state index < -0.39 is 17.8 Å². The molecule has 0 aromatic heterocycles. The van der Waals surface area contributed by atoms with E-state index in [1.165, 1.54) is 77.0 Å². The SMILES string of the molecule is C=C1/C(=C\C=C2/CCC[C@@]3(C)C2CC[C@@H]3[C@H](C)CCCC(C)(O)CCCCCCCCCCN)C[C@@H](O)C[C@@H]1O. The number of aliphatic hydroxyl groups is 3. The predicted octanol–water partition coefficient (Wildman–Crippen LogP) is 8.15. The number of hydrogen-bond acceptors (Lipinski definition) is 4. The molecule has 230 valence electrons.